The lowest BCUT2D eigenvalue weighted by Gasteiger charge is -2.24. The largest absolute Gasteiger partial charge is 0.468 e. The number of amides is 2. The standard InChI is InChI=1S/C23H23N3O5S/c27-22(11-10-17-13-16-5-1-2-9-21(16)26-23(17)28)25-18-6-3-8-20(14-18)32(29,30)24-15-19-7-4-12-31-19/h1-9,12,14,17,24H,10-11,13,15H2,(H,25,27)(H,26,28)/t17-/m1/s1. The fourth-order valence-corrected chi connectivity index (χ4v) is 4.62. The van der Waals surface area contributed by atoms with Crippen LogP contribution in [-0.2, 0) is 32.6 Å². The van der Waals surface area contributed by atoms with E-state index in [1.807, 2.05) is 24.3 Å². The summed E-state index contributed by atoms with van der Waals surface area (Å²) in [5.74, 6) is -0.164. The topological polar surface area (TPSA) is 118 Å². The molecule has 2 amide bonds. The minimum atomic E-state index is -3.77. The second-order valence-electron chi connectivity index (χ2n) is 7.57. The Morgan fingerprint density at radius 1 is 1.09 bits per heavy atom. The summed E-state index contributed by atoms with van der Waals surface area (Å²) in [6.45, 7) is 0.0263. The van der Waals surface area contributed by atoms with E-state index in [0.717, 1.165) is 11.3 Å². The first-order chi connectivity index (χ1) is 15.4. The van der Waals surface area contributed by atoms with Crippen molar-refractivity contribution < 1.29 is 22.4 Å². The van der Waals surface area contributed by atoms with Crippen molar-refractivity contribution in [1.29, 1.82) is 0 Å². The van der Waals surface area contributed by atoms with Crippen LogP contribution in [0.5, 0.6) is 0 Å². The zero-order chi connectivity index (χ0) is 22.6. The molecule has 0 saturated heterocycles. The molecule has 1 aliphatic heterocycles. The Morgan fingerprint density at radius 3 is 2.75 bits per heavy atom. The summed E-state index contributed by atoms with van der Waals surface area (Å²) < 4.78 is 32.6. The summed E-state index contributed by atoms with van der Waals surface area (Å²) in [4.78, 5) is 24.8. The molecular formula is C23H23N3O5S. The summed E-state index contributed by atoms with van der Waals surface area (Å²) in [5.41, 5.74) is 2.24. The Labute approximate surface area is 186 Å². The maximum absolute atomic E-state index is 12.5. The monoisotopic (exact) mass is 453 g/mol. The van der Waals surface area contributed by atoms with E-state index in [9.17, 15) is 18.0 Å². The lowest BCUT2D eigenvalue weighted by molar-refractivity contribution is -0.121. The fraction of sp³-hybridized carbons (Fsp3) is 0.217. The van der Waals surface area contributed by atoms with Gasteiger partial charge in [0.05, 0.1) is 17.7 Å². The molecule has 0 aliphatic carbocycles. The molecule has 1 aromatic heterocycles. The number of anilines is 2. The third-order valence-corrected chi connectivity index (χ3v) is 6.68. The van der Waals surface area contributed by atoms with Crippen molar-refractivity contribution in [3.8, 4) is 0 Å². The van der Waals surface area contributed by atoms with Gasteiger partial charge >= 0.3 is 0 Å². The normalized spacial score (nSPS) is 15.6. The summed E-state index contributed by atoms with van der Waals surface area (Å²) in [6.07, 6.45) is 2.60. The minimum absolute atomic E-state index is 0.0263. The lowest BCUT2D eigenvalue weighted by atomic mass is 9.89. The quantitative estimate of drug-likeness (QED) is 0.484. The van der Waals surface area contributed by atoms with E-state index in [1.165, 1.54) is 18.4 Å². The van der Waals surface area contributed by atoms with Crippen molar-refractivity contribution in [1.82, 2.24) is 4.72 Å². The zero-order valence-corrected chi connectivity index (χ0v) is 18.0. The van der Waals surface area contributed by atoms with Crippen LogP contribution >= 0.6 is 0 Å². The molecule has 0 spiro atoms. The van der Waals surface area contributed by atoms with Crippen molar-refractivity contribution >= 4 is 33.2 Å². The zero-order valence-electron chi connectivity index (χ0n) is 17.2. The number of para-hydroxylation sites is 1. The third-order valence-electron chi connectivity index (χ3n) is 5.28. The van der Waals surface area contributed by atoms with E-state index in [1.54, 1.807) is 24.3 Å². The Hall–Kier alpha value is -3.43. The number of carbonyl (C=O) groups is 2. The number of benzene rings is 2. The van der Waals surface area contributed by atoms with Gasteiger partial charge in [0.25, 0.3) is 0 Å². The highest BCUT2D eigenvalue weighted by Gasteiger charge is 2.26. The van der Waals surface area contributed by atoms with Crippen LogP contribution in [-0.4, -0.2) is 20.2 Å². The predicted octanol–water partition coefficient (Wildman–Crippen LogP) is 3.29. The average molecular weight is 454 g/mol. The van der Waals surface area contributed by atoms with E-state index in [-0.39, 0.29) is 35.6 Å². The summed E-state index contributed by atoms with van der Waals surface area (Å²) in [7, 11) is -3.77. The van der Waals surface area contributed by atoms with Gasteiger partial charge in [0.2, 0.25) is 21.8 Å². The van der Waals surface area contributed by atoms with Crippen LogP contribution in [0.1, 0.15) is 24.2 Å². The SMILES string of the molecule is O=C(CC[C@@H]1Cc2ccccc2NC1=O)Nc1cccc(S(=O)(=O)NCc2ccco2)c1. The van der Waals surface area contributed by atoms with Gasteiger partial charge in [-0.05, 0) is 54.8 Å². The molecule has 3 N–H and O–H groups in total. The highest BCUT2D eigenvalue weighted by molar-refractivity contribution is 7.89. The average Bonchev–Trinajstić information content (AvgIpc) is 3.30. The van der Waals surface area contributed by atoms with Gasteiger partial charge in [-0.1, -0.05) is 24.3 Å². The molecule has 32 heavy (non-hydrogen) atoms. The second kappa shape index (κ2) is 9.37. The van der Waals surface area contributed by atoms with Crippen molar-refractivity contribution in [2.75, 3.05) is 10.6 Å². The van der Waals surface area contributed by atoms with Gasteiger partial charge in [-0.2, -0.15) is 0 Å². The Bertz CT molecular complexity index is 1220. The maximum atomic E-state index is 12.5. The number of fused-ring (bicyclic) bond motifs is 1. The highest BCUT2D eigenvalue weighted by atomic mass is 32.2. The van der Waals surface area contributed by atoms with Gasteiger partial charge in [-0.25, -0.2) is 13.1 Å². The number of carbonyl (C=O) groups excluding carboxylic acids is 2. The van der Waals surface area contributed by atoms with Crippen molar-refractivity contribution in [3.63, 3.8) is 0 Å². The predicted molar refractivity (Wildman–Crippen MR) is 119 cm³/mol. The summed E-state index contributed by atoms with van der Waals surface area (Å²) >= 11 is 0. The van der Waals surface area contributed by atoms with Crippen LogP contribution in [0.25, 0.3) is 0 Å². The molecule has 0 bridgehead atoms. The van der Waals surface area contributed by atoms with Gasteiger partial charge < -0.3 is 15.1 Å². The van der Waals surface area contributed by atoms with Gasteiger partial charge in [0.1, 0.15) is 5.76 Å². The molecule has 4 rings (SSSR count). The molecule has 2 aromatic carbocycles. The molecule has 1 aliphatic rings. The fourth-order valence-electron chi connectivity index (χ4n) is 3.58. The molecule has 3 aromatic rings. The van der Waals surface area contributed by atoms with Crippen molar-refractivity contribution in [2.24, 2.45) is 5.92 Å². The van der Waals surface area contributed by atoms with Gasteiger partial charge in [0, 0.05) is 23.7 Å². The van der Waals surface area contributed by atoms with Crippen LogP contribution in [0.15, 0.2) is 76.2 Å². The van der Waals surface area contributed by atoms with Gasteiger partial charge in [-0.3, -0.25) is 9.59 Å². The number of sulfonamides is 1. The van der Waals surface area contributed by atoms with E-state index < -0.39 is 10.0 Å². The number of hydrogen-bond acceptors (Lipinski definition) is 5. The van der Waals surface area contributed by atoms with Gasteiger partial charge in [0.15, 0.2) is 0 Å². The highest BCUT2D eigenvalue weighted by Crippen LogP contribution is 2.27. The Morgan fingerprint density at radius 2 is 1.94 bits per heavy atom. The lowest BCUT2D eigenvalue weighted by Crippen LogP contribution is -2.30. The number of furan rings is 1. The molecule has 2 heterocycles. The molecule has 8 nitrogen and oxygen atoms in total. The molecule has 0 unspecified atom stereocenters. The Balaban J connectivity index is 1.33. The first-order valence-electron chi connectivity index (χ1n) is 10.2. The van der Waals surface area contributed by atoms with Crippen LogP contribution in [0.4, 0.5) is 11.4 Å². The van der Waals surface area contributed by atoms with Crippen molar-refractivity contribution in [3.05, 3.63) is 78.3 Å². The van der Waals surface area contributed by atoms with Crippen LogP contribution in [0.3, 0.4) is 0 Å². The smallest absolute Gasteiger partial charge is 0.241 e. The van der Waals surface area contributed by atoms with Crippen LogP contribution in [0.2, 0.25) is 0 Å². The van der Waals surface area contributed by atoms with Gasteiger partial charge in [-0.15, -0.1) is 0 Å². The second-order valence-corrected chi connectivity index (χ2v) is 9.33. The van der Waals surface area contributed by atoms with E-state index in [4.69, 9.17) is 4.42 Å². The van der Waals surface area contributed by atoms with Crippen molar-refractivity contribution in [2.45, 2.75) is 30.7 Å². The molecule has 166 valence electrons. The molecule has 0 fully saturated rings. The first-order valence-corrected chi connectivity index (χ1v) is 11.7. The molecule has 9 heteroatoms. The maximum Gasteiger partial charge on any atom is 0.241 e. The van der Waals surface area contributed by atoms with Crippen LogP contribution in [0, 0.1) is 5.92 Å². The number of rotatable bonds is 8. The Kier molecular flexibility index (Phi) is 6.38. The molecular weight excluding hydrogens is 430 g/mol. The molecule has 1 atom stereocenters. The molecule has 0 radical (unpaired) electrons. The number of hydrogen-bond donors (Lipinski definition) is 3. The molecule has 0 saturated carbocycles. The van der Waals surface area contributed by atoms with E-state index in [2.05, 4.69) is 15.4 Å². The number of nitrogens with one attached hydrogen (secondary N) is 3. The summed E-state index contributed by atoms with van der Waals surface area (Å²) in [5, 5.41) is 5.59. The van der Waals surface area contributed by atoms with Crippen LogP contribution < -0.4 is 15.4 Å². The first kappa shape index (κ1) is 21.8. The third kappa shape index (κ3) is 5.24. The van der Waals surface area contributed by atoms with E-state index in [0.29, 0.717) is 24.3 Å². The minimum Gasteiger partial charge on any atom is -0.468 e. The summed E-state index contributed by atoms with van der Waals surface area (Å²) in [6, 6.07) is 17.0. The van der Waals surface area contributed by atoms with E-state index >= 15 is 0 Å².